The van der Waals surface area contributed by atoms with Gasteiger partial charge in [0.05, 0.1) is 16.5 Å². The molecule has 0 bridgehead atoms. The SMILES string of the molecule is CC(C)C1CCC(C#N)(Cc2ccc(Cl)c(F)c2)CC1. The Hall–Kier alpha value is -1.07. The Bertz CT molecular complexity index is 510. The highest BCUT2D eigenvalue weighted by molar-refractivity contribution is 6.30. The number of benzene rings is 1. The fourth-order valence-electron chi connectivity index (χ4n) is 3.23. The third-order valence-corrected chi connectivity index (χ3v) is 5.00. The molecule has 0 atom stereocenters. The number of rotatable bonds is 3. The van der Waals surface area contributed by atoms with Crippen LogP contribution in [0.3, 0.4) is 0 Å². The molecule has 0 N–H and O–H groups in total. The molecule has 0 spiro atoms. The normalized spacial score (nSPS) is 26.5. The van der Waals surface area contributed by atoms with Gasteiger partial charge in [0.1, 0.15) is 5.82 Å². The lowest BCUT2D eigenvalue weighted by molar-refractivity contribution is 0.175. The first-order valence-electron chi connectivity index (χ1n) is 7.31. The van der Waals surface area contributed by atoms with Crippen molar-refractivity contribution >= 4 is 11.6 Å². The van der Waals surface area contributed by atoms with Crippen molar-refractivity contribution in [2.45, 2.75) is 46.0 Å². The van der Waals surface area contributed by atoms with Crippen LogP contribution in [-0.2, 0) is 6.42 Å². The highest BCUT2D eigenvalue weighted by Gasteiger charge is 2.36. The van der Waals surface area contributed by atoms with Crippen molar-refractivity contribution in [3.63, 3.8) is 0 Å². The quantitative estimate of drug-likeness (QED) is 0.734. The van der Waals surface area contributed by atoms with Crippen LogP contribution in [0.25, 0.3) is 0 Å². The van der Waals surface area contributed by atoms with Gasteiger partial charge in [-0.2, -0.15) is 5.26 Å². The van der Waals surface area contributed by atoms with Crippen LogP contribution in [0.4, 0.5) is 4.39 Å². The highest BCUT2D eigenvalue weighted by atomic mass is 35.5. The zero-order valence-electron chi connectivity index (χ0n) is 12.1. The van der Waals surface area contributed by atoms with E-state index in [0.717, 1.165) is 37.2 Å². The van der Waals surface area contributed by atoms with Gasteiger partial charge < -0.3 is 0 Å². The third-order valence-electron chi connectivity index (χ3n) is 4.69. The van der Waals surface area contributed by atoms with Gasteiger partial charge >= 0.3 is 0 Å². The molecule has 20 heavy (non-hydrogen) atoms. The molecular formula is C17H21ClFN. The largest absolute Gasteiger partial charge is 0.205 e. The van der Waals surface area contributed by atoms with E-state index in [0.29, 0.717) is 12.3 Å². The minimum absolute atomic E-state index is 0.142. The summed E-state index contributed by atoms with van der Waals surface area (Å²) >= 11 is 5.71. The minimum atomic E-state index is -0.395. The second kappa shape index (κ2) is 6.14. The zero-order chi connectivity index (χ0) is 14.8. The first-order chi connectivity index (χ1) is 9.46. The highest BCUT2D eigenvalue weighted by Crippen LogP contribution is 2.43. The van der Waals surface area contributed by atoms with Crippen LogP contribution in [0.2, 0.25) is 5.02 Å². The third kappa shape index (κ3) is 3.33. The maximum Gasteiger partial charge on any atom is 0.142 e. The first kappa shape index (κ1) is 15.3. The summed E-state index contributed by atoms with van der Waals surface area (Å²) in [4.78, 5) is 0. The molecule has 1 saturated carbocycles. The molecule has 1 aromatic carbocycles. The molecule has 3 heteroatoms. The average molecular weight is 294 g/mol. The predicted molar refractivity (Wildman–Crippen MR) is 80.0 cm³/mol. The lowest BCUT2D eigenvalue weighted by Gasteiger charge is -2.36. The number of halogens is 2. The van der Waals surface area contributed by atoms with Crippen LogP contribution in [0, 0.1) is 34.4 Å². The number of hydrogen-bond acceptors (Lipinski definition) is 1. The van der Waals surface area contributed by atoms with Crippen molar-refractivity contribution in [1.29, 1.82) is 5.26 Å². The summed E-state index contributed by atoms with van der Waals surface area (Å²) in [5.74, 6) is 1.01. The summed E-state index contributed by atoms with van der Waals surface area (Å²) < 4.78 is 13.5. The number of nitriles is 1. The summed E-state index contributed by atoms with van der Waals surface area (Å²) in [5, 5.41) is 9.72. The van der Waals surface area contributed by atoms with Crippen molar-refractivity contribution in [2.24, 2.45) is 17.3 Å². The van der Waals surface area contributed by atoms with E-state index >= 15 is 0 Å². The van der Waals surface area contributed by atoms with E-state index in [2.05, 4.69) is 19.9 Å². The summed E-state index contributed by atoms with van der Waals surface area (Å²) in [6.07, 6.45) is 4.65. The topological polar surface area (TPSA) is 23.8 Å². The van der Waals surface area contributed by atoms with E-state index < -0.39 is 5.82 Å². The van der Waals surface area contributed by atoms with E-state index in [4.69, 9.17) is 11.6 Å². The Kier molecular flexibility index (Phi) is 4.70. The molecule has 1 aromatic rings. The second-order valence-corrected chi connectivity index (χ2v) is 6.81. The maximum absolute atomic E-state index is 13.5. The molecule has 0 aromatic heterocycles. The molecule has 1 aliphatic carbocycles. The second-order valence-electron chi connectivity index (χ2n) is 6.40. The monoisotopic (exact) mass is 293 g/mol. The summed E-state index contributed by atoms with van der Waals surface area (Å²) in [7, 11) is 0. The van der Waals surface area contributed by atoms with Gasteiger partial charge in [-0.05, 0) is 61.6 Å². The molecule has 0 radical (unpaired) electrons. The van der Waals surface area contributed by atoms with Gasteiger partial charge in [-0.15, -0.1) is 0 Å². The Morgan fingerprint density at radius 2 is 2.05 bits per heavy atom. The Morgan fingerprint density at radius 3 is 2.55 bits per heavy atom. The molecule has 0 aliphatic heterocycles. The summed E-state index contributed by atoms with van der Waals surface area (Å²) in [6.45, 7) is 4.50. The van der Waals surface area contributed by atoms with Crippen molar-refractivity contribution in [3.05, 3.63) is 34.6 Å². The van der Waals surface area contributed by atoms with Crippen LogP contribution in [0.15, 0.2) is 18.2 Å². The van der Waals surface area contributed by atoms with Crippen LogP contribution >= 0.6 is 11.6 Å². The van der Waals surface area contributed by atoms with Gasteiger partial charge in [0.2, 0.25) is 0 Å². The molecule has 0 heterocycles. The molecule has 1 nitrogen and oxygen atoms in total. The number of nitrogens with zero attached hydrogens (tertiary/aromatic N) is 1. The Balaban J connectivity index is 2.10. The van der Waals surface area contributed by atoms with Gasteiger partial charge in [0.25, 0.3) is 0 Å². The van der Waals surface area contributed by atoms with Crippen molar-refractivity contribution in [2.75, 3.05) is 0 Å². The van der Waals surface area contributed by atoms with Crippen molar-refractivity contribution < 1.29 is 4.39 Å². The molecule has 108 valence electrons. The summed E-state index contributed by atoms with van der Waals surface area (Å²) in [5.41, 5.74) is 0.544. The van der Waals surface area contributed by atoms with E-state index in [-0.39, 0.29) is 10.4 Å². The summed E-state index contributed by atoms with van der Waals surface area (Å²) in [6, 6.07) is 7.39. The standard InChI is InChI=1S/C17H21ClFN/c1-12(2)14-5-7-17(11-20,8-6-14)10-13-3-4-15(18)16(19)9-13/h3-4,9,12,14H,5-8,10H2,1-2H3. The molecule has 0 saturated heterocycles. The Morgan fingerprint density at radius 1 is 1.40 bits per heavy atom. The molecule has 2 rings (SSSR count). The molecule has 0 amide bonds. The maximum atomic E-state index is 13.5. The van der Waals surface area contributed by atoms with E-state index in [1.165, 1.54) is 6.07 Å². The number of hydrogen-bond donors (Lipinski definition) is 0. The first-order valence-corrected chi connectivity index (χ1v) is 7.69. The lowest BCUT2D eigenvalue weighted by atomic mass is 9.66. The fourth-order valence-corrected chi connectivity index (χ4v) is 3.35. The van der Waals surface area contributed by atoms with Crippen LogP contribution < -0.4 is 0 Å². The molecule has 1 fully saturated rings. The fraction of sp³-hybridized carbons (Fsp3) is 0.588. The van der Waals surface area contributed by atoms with Crippen LogP contribution in [-0.4, -0.2) is 0 Å². The van der Waals surface area contributed by atoms with Crippen LogP contribution in [0.1, 0.15) is 45.1 Å². The smallest absolute Gasteiger partial charge is 0.142 e. The minimum Gasteiger partial charge on any atom is -0.205 e. The molecule has 1 aliphatic rings. The van der Waals surface area contributed by atoms with Gasteiger partial charge in [0, 0.05) is 0 Å². The van der Waals surface area contributed by atoms with Gasteiger partial charge in [-0.25, -0.2) is 4.39 Å². The zero-order valence-corrected chi connectivity index (χ0v) is 12.9. The van der Waals surface area contributed by atoms with Crippen molar-refractivity contribution in [3.8, 4) is 6.07 Å². The van der Waals surface area contributed by atoms with Gasteiger partial charge in [-0.3, -0.25) is 0 Å². The lowest BCUT2D eigenvalue weighted by Crippen LogP contribution is -2.30. The van der Waals surface area contributed by atoms with E-state index in [9.17, 15) is 9.65 Å². The predicted octanol–water partition coefficient (Wildman–Crippen LogP) is 5.38. The Labute approximate surface area is 125 Å². The molecule has 0 unspecified atom stereocenters. The van der Waals surface area contributed by atoms with E-state index in [1.807, 2.05) is 6.07 Å². The van der Waals surface area contributed by atoms with E-state index in [1.54, 1.807) is 6.07 Å². The molecular weight excluding hydrogens is 273 g/mol. The van der Waals surface area contributed by atoms with Crippen molar-refractivity contribution in [1.82, 2.24) is 0 Å². The average Bonchev–Trinajstić information content (AvgIpc) is 2.43. The van der Waals surface area contributed by atoms with Gasteiger partial charge in [-0.1, -0.05) is 31.5 Å². The van der Waals surface area contributed by atoms with Crippen LogP contribution in [0.5, 0.6) is 0 Å². The van der Waals surface area contributed by atoms with Gasteiger partial charge in [0.15, 0.2) is 0 Å².